The minimum absolute atomic E-state index is 0.0175. The predicted octanol–water partition coefficient (Wildman–Crippen LogP) is 5.82. The number of fused-ring (bicyclic) bond motifs is 14. The number of pyridine rings is 1. The zero-order valence-electron chi connectivity index (χ0n) is 48.3. The van der Waals surface area contributed by atoms with Crippen molar-refractivity contribution in [2.24, 2.45) is 11.8 Å². The van der Waals surface area contributed by atoms with E-state index < -0.39 is 102 Å². The fraction of sp³-hybridized carbons (Fsp3) is 0.333. The lowest BCUT2D eigenvalue weighted by Gasteiger charge is -2.38. The number of carbonyl (C=O) groups excluding carboxylic acids is 7. The standard InChI is InChI=1S/C57H56N14O13S6/c1-24(2)40-55-70-43(36(90-55)19-84-5)48(79)59-16-38(73)67-44(45(76)26-9-7-6-8-10-26)54-65-34(22-88-54)52-63-32(20-86-52)42-28(50-64-33(21-85-50)47(78)62-31(15-37(72)58-4)53-69-41(25(3)89-53)49(80)68-40)11-12-29(60-42)51-66-35(23-87-51)56(81)71-17-27(18-71)46(77)61-30(57(82)83)13-14-39(74)75/h6-12,20-24,27,30-31,40,44-45,76H,13-19H2,1-5H3,(H,58,72)(H,59,79)(H,61,77)(H,62,78)(H,67,73)(H,68,80)(H,74,75)(H,82,83)/t30-,31+,40+,44?,45?/m1/s1. The Labute approximate surface area is 535 Å². The summed E-state index contributed by atoms with van der Waals surface area (Å²) in [6, 6.07) is 7.74. The molecule has 33 heteroatoms. The van der Waals surface area contributed by atoms with Crippen LogP contribution in [0, 0.1) is 18.8 Å². The third-order valence-corrected chi connectivity index (χ3v) is 20.0. The second-order valence-corrected chi connectivity index (χ2v) is 26.7. The first-order valence-corrected chi connectivity index (χ1v) is 32.8. The van der Waals surface area contributed by atoms with Crippen LogP contribution in [0.3, 0.4) is 0 Å². The average Bonchev–Trinajstić information content (AvgIpc) is 1.64. The number of likely N-dealkylation sites (tertiary alicyclic amines) is 1. The third-order valence-electron chi connectivity index (χ3n) is 14.3. The van der Waals surface area contributed by atoms with Crippen molar-refractivity contribution in [3.8, 4) is 43.4 Å². The van der Waals surface area contributed by atoms with E-state index in [-0.39, 0.29) is 71.9 Å². The van der Waals surface area contributed by atoms with E-state index in [1.807, 2.05) is 13.8 Å². The Hall–Kier alpha value is -8.70. The molecule has 2 unspecified atom stereocenters. The highest BCUT2D eigenvalue weighted by atomic mass is 32.1. The number of aromatic nitrogens is 7. The van der Waals surface area contributed by atoms with E-state index in [2.05, 4.69) is 46.9 Å². The van der Waals surface area contributed by atoms with E-state index in [1.54, 1.807) is 60.1 Å². The summed E-state index contributed by atoms with van der Waals surface area (Å²) >= 11 is 6.89. The van der Waals surface area contributed by atoms with Gasteiger partial charge in [0.15, 0.2) is 0 Å². The summed E-state index contributed by atoms with van der Waals surface area (Å²) in [4.78, 5) is 155. The Kier molecular flexibility index (Phi) is 20.0. The number of amides is 7. The maximum absolute atomic E-state index is 14.3. The normalized spacial score (nSPS) is 17.2. The molecule has 0 aliphatic carbocycles. The van der Waals surface area contributed by atoms with Gasteiger partial charge in [-0.25, -0.2) is 39.7 Å². The number of aryl methyl sites for hydroxylation is 1. The highest BCUT2D eigenvalue weighted by molar-refractivity contribution is 7.15. The van der Waals surface area contributed by atoms with E-state index in [0.29, 0.717) is 63.0 Å². The van der Waals surface area contributed by atoms with Crippen LogP contribution in [-0.4, -0.2) is 148 Å². The van der Waals surface area contributed by atoms with Crippen molar-refractivity contribution in [2.45, 2.75) is 76.9 Å². The minimum Gasteiger partial charge on any atom is -0.481 e. The number of methoxy groups -OCH3 is 1. The van der Waals surface area contributed by atoms with Gasteiger partial charge in [-0.1, -0.05) is 44.2 Å². The van der Waals surface area contributed by atoms with Gasteiger partial charge in [0.25, 0.3) is 23.6 Å². The molecule has 0 saturated carbocycles. The molecule has 468 valence electrons. The molecule has 2 aliphatic heterocycles. The maximum Gasteiger partial charge on any atom is 0.326 e. The SMILES string of the molecule is CNC(=O)C[C@@H]1NC(=O)c2csc(n2)-c2ccc(-c3nc(C(=O)N4CC(C(=O)N[C@H](CCC(=O)O)C(=O)O)C4)cs3)nc2-c2csc(n2)-c2csc(n2)C(C(O)c2ccccc2)NC(=O)CNC(=O)c2nc(sc2COC)[C@H](C(C)C)NC(=O)c2nc1sc2C. The molecule has 9 heterocycles. The fourth-order valence-corrected chi connectivity index (χ4v) is 15.0. The Morgan fingerprint density at radius 1 is 0.711 bits per heavy atom. The van der Waals surface area contributed by atoms with Crippen molar-refractivity contribution in [3.05, 3.63) is 117 Å². The average molecular weight is 1340 g/mol. The largest absolute Gasteiger partial charge is 0.481 e. The number of aliphatic hydroxyl groups is 1. The van der Waals surface area contributed by atoms with Gasteiger partial charge >= 0.3 is 11.9 Å². The topological polar surface area (TPSA) is 389 Å². The molecule has 1 aromatic carbocycles. The van der Waals surface area contributed by atoms with E-state index in [9.17, 15) is 53.4 Å². The molecule has 2 aliphatic rings. The monoisotopic (exact) mass is 1340 g/mol. The molecule has 1 fully saturated rings. The van der Waals surface area contributed by atoms with E-state index in [4.69, 9.17) is 29.8 Å². The summed E-state index contributed by atoms with van der Waals surface area (Å²) in [6.45, 7) is 4.79. The molecule has 9 N–H and O–H groups in total. The number of aliphatic hydroxyl groups excluding tert-OH is 1. The smallest absolute Gasteiger partial charge is 0.326 e. The summed E-state index contributed by atoms with van der Waals surface area (Å²) in [5.41, 5.74) is 2.28. The maximum atomic E-state index is 14.3. The van der Waals surface area contributed by atoms with Crippen molar-refractivity contribution >= 4 is 121 Å². The molecule has 8 aromatic rings. The first-order valence-electron chi connectivity index (χ1n) is 27.6. The lowest BCUT2D eigenvalue weighted by atomic mass is 9.98. The van der Waals surface area contributed by atoms with Gasteiger partial charge in [0.05, 0.1) is 48.1 Å². The number of thiazole rings is 6. The van der Waals surface area contributed by atoms with Crippen LogP contribution in [0.2, 0.25) is 0 Å². The predicted molar refractivity (Wildman–Crippen MR) is 333 cm³/mol. The second kappa shape index (κ2) is 28.0. The summed E-state index contributed by atoms with van der Waals surface area (Å²) < 4.78 is 5.44. The summed E-state index contributed by atoms with van der Waals surface area (Å²) in [7, 11) is 2.91. The van der Waals surface area contributed by atoms with Gasteiger partial charge in [0.1, 0.15) is 88.1 Å². The van der Waals surface area contributed by atoms with Crippen LogP contribution >= 0.6 is 68.0 Å². The van der Waals surface area contributed by atoms with E-state index >= 15 is 0 Å². The molecule has 10 bridgehead atoms. The van der Waals surface area contributed by atoms with Crippen LogP contribution in [-0.2, 0) is 35.3 Å². The van der Waals surface area contributed by atoms with Crippen LogP contribution in [0.25, 0.3) is 43.4 Å². The van der Waals surface area contributed by atoms with Crippen LogP contribution < -0.4 is 31.9 Å². The van der Waals surface area contributed by atoms with Crippen molar-refractivity contribution in [2.75, 3.05) is 33.8 Å². The Morgan fingerprint density at radius 2 is 1.41 bits per heavy atom. The second-order valence-electron chi connectivity index (χ2n) is 20.9. The van der Waals surface area contributed by atoms with Crippen molar-refractivity contribution in [3.63, 3.8) is 0 Å². The number of hydrogen-bond acceptors (Lipinski definition) is 24. The molecular weight excluding hydrogens is 1280 g/mol. The Morgan fingerprint density at radius 3 is 2.13 bits per heavy atom. The van der Waals surface area contributed by atoms with Crippen LogP contribution in [0.4, 0.5) is 0 Å². The number of carbonyl (C=O) groups is 9. The number of nitrogens with zero attached hydrogens (tertiary/aromatic N) is 8. The van der Waals surface area contributed by atoms with Gasteiger partial charge in [-0.15, -0.1) is 68.0 Å². The number of hydrogen-bond donors (Lipinski definition) is 9. The fourth-order valence-electron chi connectivity index (χ4n) is 9.47. The van der Waals surface area contributed by atoms with Crippen molar-refractivity contribution < 1.29 is 63.2 Å². The van der Waals surface area contributed by atoms with Gasteiger partial charge in [-0.05, 0) is 37.0 Å². The summed E-state index contributed by atoms with van der Waals surface area (Å²) in [5, 5.41) is 55.4. The molecule has 0 spiro atoms. The number of carboxylic acid groups (broad SMARTS) is 2. The van der Waals surface area contributed by atoms with E-state index in [1.165, 1.54) is 41.2 Å². The zero-order valence-corrected chi connectivity index (χ0v) is 53.2. The van der Waals surface area contributed by atoms with Gasteiger partial charge < -0.3 is 56.9 Å². The van der Waals surface area contributed by atoms with Gasteiger partial charge in [-0.3, -0.25) is 38.4 Å². The van der Waals surface area contributed by atoms with Crippen LogP contribution in [0.15, 0.2) is 64.0 Å². The number of rotatable bonds is 15. The molecule has 7 amide bonds. The number of carboxylic acids is 2. The van der Waals surface area contributed by atoms with Crippen LogP contribution in [0.1, 0.15) is 130 Å². The quantitative estimate of drug-likeness (QED) is 0.0584. The van der Waals surface area contributed by atoms with Crippen LogP contribution in [0.5, 0.6) is 0 Å². The molecule has 5 atom stereocenters. The number of benzene rings is 1. The first-order chi connectivity index (χ1) is 43.2. The first kappa shape index (κ1) is 64.3. The Bertz CT molecular complexity index is 4060. The highest BCUT2D eigenvalue weighted by Crippen LogP contribution is 2.40. The number of ether oxygens (including phenoxy) is 1. The highest BCUT2D eigenvalue weighted by Gasteiger charge is 2.39. The van der Waals surface area contributed by atoms with Crippen molar-refractivity contribution in [1.82, 2.24) is 71.7 Å². The molecular formula is C57H56N14O13S6. The number of aliphatic carboxylic acids is 2. The van der Waals surface area contributed by atoms with Gasteiger partial charge in [0, 0.05) is 65.6 Å². The minimum atomic E-state index is -1.42. The molecule has 10 rings (SSSR count). The van der Waals surface area contributed by atoms with Gasteiger partial charge in [0.2, 0.25) is 17.7 Å². The van der Waals surface area contributed by atoms with E-state index in [0.717, 1.165) is 56.7 Å². The lowest BCUT2D eigenvalue weighted by molar-refractivity contribution is -0.144. The van der Waals surface area contributed by atoms with Crippen molar-refractivity contribution in [1.29, 1.82) is 0 Å². The molecule has 27 nitrogen and oxygen atoms in total. The molecule has 90 heavy (non-hydrogen) atoms. The molecule has 0 radical (unpaired) electrons. The summed E-state index contributed by atoms with van der Waals surface area (Å²) in [6.07, 6.45) is -2.34. The molecule has 1 saturated heterocycles. The third kappa shape index (κ3) is 14.5. The van der Waals surface area contributed by atoms with Gasteiger partial charge in [-0.2, -0.15) is 0 Å². The zero-order chi connectivity index (χ0) is 64.1. The summed E-state index contributed by atoms with van der Waals surface area (Å²) in [5.74, 6) is -7.75. The lowest BCUT2D eigenvalue weighted by Crippen LogP contribution is -2.57. The Balaban J connectivity index is 1.00. The number of nitrogens with one attached hydrogen (secondary N) is 6. The molecule has 7 aromatic heterocycles.